The van der Waals surface area contributed by atoms with Crippen molar-refractivity contribution < 1.29 is 0 Å². The van der Waals surface area contributed by atoms with Gasteiger partial charge in [-0.2, -0.15) is 0 Å². The lowest BCUT2D eigenvalue weighted by Gasteiger charge is -2.00. The highest BCUT2D eigenvalue weighted by Crippen LogP contribution is 2.39. The van der Waals surface area contributed by atoms with Crippen molar-refractivity contribution in [1.82, 2.24) is 10.2 Å². The van der Waals surface area contributed by atoms with E-state index in [4.69, 9.17) is 5.73 Å². The Kier molecular flexibility index (Phi) is 2.57. The molecule has 1 aliphatic carbocycles. The standard InChI is InChI=1S/C11H11N3S2/c12-11-14-13-10(16-11)7-1-3-8(4-2-7)15-9-5-6-9/h1-4,9H,5-6H2,(H2,12,14). The number of nitrogens with two attached hydrogens (primary N) is 1. The summed E-state index contributed by atoms with van der Waals surface area (Å²) in [6.07, 6.45) is 2.72. The normalized spacial score (nSPS) is 15.2. The van der Waals surface area contributed by atoms with Gasteiger partial charge in [0, 0.05) is 15.7 Å². The fourth-order valence-electron chi connectivity index (χ4n) is 1.41. The number of benzene rings is 1. The molecule has 1 fully saturated rings. The van der Waals surface area contributed by atoms with Crippen LogP contribution < -0.4 is 5.73 Å². The summed E-state index contributed by atoms with van der Waals surface area (Å²) in [5, 5.41) is 10.1. The minimum absolute atomic E-state index is 0.520. The molecule has 3 nitrogen and oxygen atoms in total. The predicted octanol–water partition coefficient (Wildman–Crippen LogP) is 3.04. The Morgan fingerprint density at radius 3 is 2.50 bits per heavy atom. The highest BCUT2D eigenvalue weighted by Gasteiger charge is 2.22. The first-order chi connectivity index (χ1) is 7.81. The van der Waals surface area contributed by atoms with Gasteiger partial charge in [-0.25, -0.2) is 0 Å². The van der Waals surface area contributed by atoms with Gasteiger partial charge in [0.2, 0.25) is 5.13 Å². The van der Waals surface area contributed by atoms with Crippen LogP contribution in [0.25, 0.3) is 10.6 Å². The quantitative estimate of drug-likeness (QED) is 0.908. The summed E-state index contributed by atoms with van der Waals surface area (Å²) in [4.78, 5) is 1.34. The van der Waals surface area contributed by atoms with Crippen LogP contribution in [0.1, 0.15) is 12.8 Å². The molecular weight excluding hydrogens is 238 g/mol. The number of hydrogen-bond donors (Lipinski definition) is 1. The SMILES string of the molecule is Nc1nnc(-c2ccc(SC3CC3)cc2)s1. The van der Waals surface area contributed by atoms with Crippen molar-refractivity contribution in [2.45, 2.75) is 23.0 Å². The van der Waals surface area contributed by atoms with E-state index >= 15 is 0 Å². The van der Waals surface area contributed by atoms with E-state index in [0.717, 1.165) is 15.8 Å². The minimum atomic E-state index is 0.520. The molecule has 0 amide bonds. The van der Waals surface area contributed by atoms with Crippen LogP contribution in [-0.4, -0.2) is 15.4 Å². The maximum atomic E-state index is 5.56. The van der Waals surface area contributed by atoms with E-state index in [1.54, 1.807) is 0 Å². The molecule has 82 valence electrons. The van der Waals surface area contributed by atoms with Crippen LogP contribution in [0.3, 0.4) is 0 Å². The van der Waals surface area contributed by atoms with Gasteiger partial charge in [0.05, 0.1) is 0 Å². The van der Waals surface area contributed by atoms with Crippen molar-refractivity contribution in [1.29, 1.82) is 0 Å². The van der Waals surface area contributed by atoms with Gasteiger partial charge in [0.25, 0.3) is 0 Å². The first-order valence-corrected chi connectivity index (χ1v) is 6.87. The second-order valence-electron chi connectivity index (χ2n) is 3.79. The van der Waals surface area contributed by atoms with E-state index in [0.29, 0.717) is 5.13 Å². The Bertz CT molecular complexity index is 488. The molecule has 0 radical (unpaired) electrons. The molecular formula is C11H11N3S2. The van der Waals surface area contributed by atoms with Crippen molar-refractivity contribution in [3.8, 4) is 10.6 Å². The number of hydrogen-bond acceptors (Lipinski definition) is 5. The molecule has 1 aromatic carbocycles. The zero-order valence-corrected chi connectivity index (χ0v) is 10.2. The summed E-state index contributed by atoms with van der Waals surface area (Å²) >= 11 is 3.38. The maximum Gasteiger partial charge on any atom is 0.203 e. The van der Waals surface area contributed by atoms with Crippen molar-refractivity contribution >= 4 is 28.2 Å². The number of rotatable bonds is 3. The minimum Gasteiger partial charge on any atom is -0.374 e. The summed E-state index contributed by atoms with van der Waals surface area (Å²) in [5.41, 5.74) is 6.65. The van der Waals surface area contributed by atoms with Gasteiger partial charge in [-0.15, -0.1) is 22.0 Å². The van der Waals surface area contributed by atoms with Crippen molar-refractivity contribution in [2.75, 3.05) is 5.73 Å². The monoisotopic (exact) mass is 249 g/mol. The highest BCUT2D eigenvalue weighted by molar-refractivity contribution is 8.00. The summed E-state index contributed by atoms with van der Waals surface area (Å²) < 4.78 is 0. The van der Waals surface area contributed by atoms with Crippen LogP contribution in [0.5, 0.6) is 0 Å². The average Bonchev–Trinajstić information content (AvgIpc) is 3.00. The molecule has 5 heteroatoms. The summed E-state index contributed by atoms with van der Waals surface area (Å²) in [6, 6.07) is 8.47. The van der Waals surface area contributed by atoms with Crippen LogP contribution in [0.4, 0.5) is 5.13 Å². The lowest BCUT2D eigenvalue weighted by atomic mass is 10.2. The molecule has 16 heavy (non-hydrogen) atoms. The molecule has 0 unspecified atom stereocenters. The third-order valence-corrected chi connectivity index (χ3v) is 4.52. The Morgan fingerprint density at radius 1 is 1.19 bits per heavy atom. The van der Waals surface area contributed by atoms with E-state index in [1.807, 2.05) is 11.8 Å². The fourth-order valence-corrected chi connectivity index (χ4v) is 3.07. The third-order valence-electron chi connectivity index (χ3n) is 2.37. The molecule has 1 aromatic heterocycles. The topological polar surface area (TPSA) is 51.8 Å². The van der Waals surface area contributed by atoms with Crippen LogP contribution in [0.2, 0.25) is 0 Å². The molecule has 0 spiro atoms. The molecule has 1 aliphatic rings. The Hall–Kier alpha value is -1.07. The molecule has 0 atom stereocenters. The number of anilines is 1. The predicted molar refractivity (Wildman–Crippen MR) is 68.6 cm³/mol. The van der Waals surface area contributed by atoms with Gasteiger partial charge >= 0.3 is 0 Å². The smallest absolute Gasteiger partial charge is 0.203 e. The van der Waals surface area contributed by atoms with Gasteiger partial charge in [0.1, 0.15) is 5.01 Å². The van der Waals surface area contributed by atoms with Crippen molar-refractivity contribution in [3.05, 3.63) is 24.3 Å². The van der Waals surface area contributed by atoms with E-state index in [2.05, 4.69) is 34.5 Å². The van der Waals surface area contributed by atoms with Crippen LogP contribution in [0, 0.1) is 0 Å². The second-order valence-corrected chi connectivity index (χ2v) is 6.17. The number of nitrogens with zero attached hydrogens (tertiary/aromatic N) is 2. The zero-order chi connectivity index (χ0) is 11.0. The molecule has 1 heterocycles. The number of aromatic nitrogens is 2. The molecule has 0 aliphatic heterocycles. The van der Waals surface area contributed by atoms with Gasteiger partial charge in [0.15, 0.2) is 0 Å². The Balaban J connectivity index is 1.80. The molecule has 1 saturated carbocycles. The van der Waals surface area contributed by atoms with E-state index in [9.17, 15) is 0 Å². The first kappa shape index (κ1) is 10.1. The van der Waals surface area contributed by atoms with Gasteiger partial charge < -0.3 is 5.73 Å². The third kappa shape index (κ3) is 2.20. The largest absolute Gasteiger partial charge is 0.374 e. The number of thioether (sulfide) groups is 1. The Morgan fingerprint density at radius 2 is 1.94 bits per heavy atom. The van der Waals surface area contributed by atoms with Crippen LogP contribution >= 0.6 is 23.1 Å². The van der Waals surface area contributed by atoms with Crippen molar-refractivity contribution in [2.24, 2.45) is 0 Å². The fraction of sp³-hybridized carbons (Fsp3) is 0.273. The second kappa shape index (κ2) is 4.07. The highest BCUT2D eigenvalue weighted by atomic mass is 32.2. The van der Waals surface area contributed by atoms with Gasteiger partial charge in [-0.05, 0) is 25.0 Å². The lowest BCUT2D eigenvalue weighted by molar-refractivity contribution is 1.10. The molecule has 0 bridgehead atoms. The average molecular weight is 249 g/mol. The summed E-state index contributed by atoms with van der Waals surface area (Å²) in [5.74, 6) is 0. The zero-order valence-electron chi connectivity index (χ0n) is 8.59. The molecule has 3 rings (SSSR count). The number of nitrogen functional groups attached to an aromatic ring is 1. The van der Waals surface area contributed by atoms with Crippen molar-refractivity contribution in [3.63, 3.8) is 0 Å². The lowest BCUT2D eigenvalue weighted by Crippen LogP contribution is -1.80. The van der Waals surface area contributed by atoms with E-state index < -0.39 is 0 Å². The maximum absolute atomic E-state index is 5.56. The van der Waals surface area contributed by atoms with Crippen LogP contribution in [-0.2, 0) is 0 Å². The van der Waals surface area contributed by atoms with E-state index in [1.165, 1.54) is 29.1 Å². The van der Waals surface area contributed by atoms with Gasteiger partial charge in [-0.1, -0.05) is 23.5 Å². The summed E-state index contributed by atoms with van der Waals surface area (Å²) in [7, 11) is 0. The van der Waals surface area contributed by atoms with Gasteiger partial charge in [-0.3, -0.25) is 0 Å². The summed E-state index contributed by atoms with van der Waals surface area (Å²) in [6.45, 7) is 0. The van der Waals surface area contributed by atoms with E-state index in [-0.39, 0.29) is 0 Å². The van der Waals surface area contributed by atoms with Crippen LogP contribution in [0.15, 0.2) is 29.2 Å². The Labute approximate surface area is 102 Å². The molecule has 2 aromatic rings. The first-order valence-electron chi connectivity index (χ1n) is 5.17. The molecule has 2 N–H and O–H groups in total. The molecule has 0 saturated heterocycles.